The number of hydrogen-bond acceptors (Lipinski definition) is 6. The van der Waals surface area contributed by atoms with E-state index in [4.69, 9.17) is 16.3 Å². The van der Waals surface area contributed by atoms with Crippen LogP contribution < -0.4 is 10.1 Å². The summed E-state index contributed by atoms with van der Waals surface area (Å²) in [4.78, 5) is 38.8. The molecular weight excluding hydrogens is 470 g/mol. The van der Waals surface area contributed by atoms with Gasteiger partial charge in [0.1, 0.15) is 0 Å². The Hall–Kier alpha value is -3.92. The summed E-state index contributed by atoms with van der Waals surface area (Å²) in [7, 11) is 1.52. The van der Waals surface area contributed by atoms with Crippen molar-refractivity contribution in [2.45, 2.75) is 19.4 Å². The van der Waals surface area contributed by atoms with Gasteiger partial charge in [0.05, 0.1) is 41.4 Å². The molecule has 35 heavy (non-hydrogen) atoms. The van der Waals surface area contributed by atoms with Crippen molar-refractivity contribution in [1.29, 1.82) is 0 Å². The number of hydrogen-bond donors (Lipinski definition) is 3. The van der Waals surface area contributed by atoms with E-state index in [0.717, 1.165) is 16.6 Å². The molecule has 2 amide bonds. The van der Waals surface area contributed by atoms with Gasteiger partial charge in [0.2, 0.25) is 11.8 Å². The molecule has 1 saturated heterocycles. The first-order valence-corrected chi connectivity index (χ1v) is 11.6. The van der Waals surface area contributed by atoms with E-state index < -0.39 is 0 Å². The molecule has 1 aliphatic rings. The standard InChI is InChI=1S/C24H24ClN7O3/c1-35-22-9-16(17(25)12-26-22)19-10-21(31-30-19)24(34)32-6-4-15(5-7-32)23(33)27-11-14-2-3-18-20(8-14)29-13-28-18/h2-3,8-10,12-13,15H,4-7,11H2,1H3,(H,27,33)(H,28,29)(H,30,31). The van der Waals surface area contributed by atoms with Crippen molar-refractivity contribution in [3.63, 3.8) is 0 Å². The lowest BCUT2D eigenvalue weighted by Crippen LogP contribution is -2.43. The van der Waals surface area contributed by atoms with Crippen LogP contribution in [0.2, 0.25) is 5.02 Å². The molecule has 180 valence electrons. The number of nitrogens with one attached hydrogen (secondary N) is 3. The summed E-state index contributed by atoms with van der Waals surface area (Å²) >= 11 is 6.25. The Balaban J connectivity index is 1.16. The fourth-order valence-corrected chi connectivity index (χ4v) is 4.44. The highest BCUT2D eigenvalue weighted by molar-refractivity contribution is 6.33. The third-order valence-electron chi connectivity index (χ3n) is 6.23. The van der Waals surface area contributed by atoms with Gasteiger partial charge in [-0.05, 0) is 36.6 Å². The van der Waals surface area contributed by atoms with Gasteiger partial charge in [0, 0.05) is 37.2 Å². The molecule has 4 aromatic rings. The number of pyridine rings is 1. The van der Waals surface area contributed by atoms with Crippen LogP contribution >= 0.6 is 11.6 Å². The Kier molecular flexibility index (Phi) is 6.37. The summed E-state index contributed by atoms with van der Waals surface area (Å²) in [5, 5.41) is 10.5. The maximum atomic E-state index is 13.0. The Morgan fingerprint density at radius 3 is 2.83 bits per heavy atom. The summed E-state index contributed by atoms with van der Waals surface area (Å²) in [5.74, 6) is 0.0956. The monoisotopic (exact) mass is 493 g/mol. The zero-order valence-electron chi connectivity index (χ0n) is 19.0. The molecule has 3 aromatic heterocycles. The van der Waals surface area contributed by atoms with Crippen molar-refractivity contribution in [3.8, 4) is 17.1 Å². The maximum Gasteiger partial charge on any atom is 0.274 e. The number of aromatic amines is 2. The summed E-state index contributed by atoms with van der Waals surface area (Å²) in [6.07, 6.45) is 4.34. The first-order valence-electron chi connectivity index (χ1n) is 11.3. The average molecular weight is 494 g/mol. The van der Waals surface area contributed by atoms with Gasteiger partial charge in [-0.15, -0.1) is 0 Å². The van der Waals surface area contributed by atoms with Gasteiger partial charge in [0.25, 0.3) is 5.91 Å². The highest BCUT2D eigenvalue weighted by Gasteiger charge is 2.29. The number of ether oxygens (including phenoxy) is 1. The number of fused-ring (bicyclic) bond motifs is 1. The van der Waals surface area contributed by atoms with Crippen LogP contribution in [-0.4, -0.2) is 62.1 Å². The summed E-state index contributed by atoms with van der Waals surface area (Å²) in [5.41, 5.74) is 4.36. The first-order chi connectivity index (χ1) is 17.0. The third-order valence-corrected chi connectivity index (χ3v) is 6.53. The summed E-state index contributed by atoms with van der Waals surface area (Å²) in [6.45, 7) is 1.42. The average Bonchev–Trinajstić information content (AvgIpc) is 3.57. The lowest BCUT2D eigenvalue weighted by atomic mass is 9.95. The van der Waals surface area contributed by atoms with Gasteiger partial charge in [-0.1, -0.05) is 17.7 Å². The molecule has 3 N–H and O–H groups in total. The predicted octanol–water partition coefficient (Wildman–Crippen LogP) is 3.18. The van der Waals surface area contributed by atoms with Crippen LogP contribution in [0.25, 0.3) is 22.3 Å². The molecule has 0 unspecified atom stereocenters. The molecule has 0 radical (unpaired) electrons. The molecule has 4 heterocycles. The Bertz CT molecular complexity index is 1370. The molecule has 1 aliphatic heterocycles. The second-order valence-electron chi connectivity index (χ2n) is 8.41. The number of halogens is 1. The number of methoxy groups -OCH3 is 1. The van der Waals surface area contributed by atoms with Gasteiger partial charge >= 0.3 is 0 Å². The number of amides is 2. The number of carbonyl (C=O) groups excluding carboxylic acids is 2. The first kappa shape index (κ1) is 22.9. The lowest BCUT2D eigenvalue weighted by molar-refractivity contribution is -0.126. The number of nitrogens with zero attached hydrogens (tertiary/aromatic N) is 4. The van der Waals surface area contributed by atoms with Crippen LogP contribution in [0, 0.1) is 5.92 Å². The predicted molar refractivity (Wildman–Crippen MR) is 130 cm³/mol. The lowest BCUT2D eigenvalue weighted by Gasteiger charge is -2.30. The molecule has 5 rings (SSSR count). The van der Waals surface area contributed by atoms with E-state index in [1.54, 1.807) is 23.4 Å². The molecule has 10 nitrogen and oxygen atoms in total. The molecule has 1 fully saturated rings. The molecular formula is C24H24ClN7O3. The van der Waals surface area contributed by atoms with Crippen molar-refractivity contribution in [1.82, 2.24) is 35.4 Å². The normalized spacial score (nSPS) is 14.3. The number of rotatable bonds is 6. The van der Waals surface area contributed by atoms with Crippen LogP contribution in [0.1, 0.15) is 28.9 Å². The highest BCUT2D eigenvalue weighted by atomic mass is 35.5. The number of H-pyrrole nitrogens is 2. The van der Waals surface area contributed by atoms with Crippen molar-refractivity contribution in [2.24, 2.45) is 5.92 Å². The molecule has 0 spiro atoms. The van der Waals surface area contributed by atoms with Crippen molar-refractivity contribution < 1.29 is 14.3 Å². The minimum absolute atomic E-state index is 0.00237. The third kappa shape index (κ3) is 4.83. The van der Waals surface area contributed by atoms with Gasteiger partial charge in [0.15, 0.2) is 5.69 Å². The van der Waals surface area contributed by atoms with Crippen LogP contribution in [0.15, 0.2) is 42.9 Å². The van der Waals surface area contributed by atoms with Gasteiger partial charge in [-0.3, -0.25) is 14.7 Å². The smallest absolute Gasteiger partial charge is 0.274 e. The minimum atomic E-state index is -0.184. The fourth-order valence-electron chi connectivity index (χ4n) is 4.23. The van der Waals surface area contributed by atoms with E-state index in [9.17, 15) is 9.59 Å². The van der Waals surface area contributed by atoms with E-state index >= 15 is 0 Å². The Morgan fingerprint density at radius 2 is 2.03 bits per heavy atom. The number of imidazole rings is 1. The number of piperidine rings is 1. The highest BCUT2D eigenvalue weighted by Crippen LogP contribution is 2.29. The maximum absolute atomic E-state index is 13.0. The second kappa shape index (κ2) is 9.75. The van der Waals surface area contributed by atoms with E-state index in [1.807, 2.05) is 18.2 Å². The SMILES string of the molecule is COc1cc(-c2cc(C(=O)N3CCC(C(=O)NCc4ccc5[nH]cnc5c4)CC3)n[nH]2)c(Cl)cn1. The minimum Gasteiger partial charge on any atom is -0.481 e. The fraction of sp³-hybridized carbons (Fsp3) is 0.292. The van der Waals surface area contributed by atoms with Crippen LogP contribution in [0.4, 0.5) is 0 Å². The molecule has 1 aromatic carbocycles. The largest absolute Gasteiger partial charge is 0.481 e. The second-order valence-corrected chi connectivity index (χ2v) is 8.82. The van der Waals surface area contributed by atoms with Gasteiger partial charge in [-0.25, -0.2) is 9.97 Å². The van der Waals surface area contributed by atoms with Gasteiger partial charge < -0.3 is 19.9 Å². The number of likely N-dealkylation sites (tertiary alicyclic amines) is 1. The quantitative estimate of drug-likeness (QED) is 0.378. The number of benzene rings is 1. The Labute approximate surface area is 206 Å². The van der Waals surface area contributed by atoms with E-state index in [1.165, 1.54) is 13.3 Å². The van der Waals surface area contributed by atoms with Crippen LogP contribution in [0.3, 0.4) is 0 Å². The van der Waals surface area contributed by atoms with Crippen LogP contribution in [-0.2, 0) is 11.3 Å². The van der Waals surface area contributed by atoms with Crippen molar-refractivity contribution >= 4 is 34.4 Å². The van der Waals surface area contributed by atoms with Crippen molar-refractivity contribution in [3.05, 3.63) is 59.1 Å². The van der Waals surface area contributed by atoms with Crippen LogP contribution in [0.5, 0.6) is 5.88 Å². The van der Waals surface area contributed by atoms with E-state index in [2.05, 4.69) is 30.5 Å². The summed E-state index contributed by atoms with van der Waals surface area (Å²) in [6, 6.07) is 9.22. The number of carbonyl (C=O) groups is 2. The zero-order valence-corrected chi connectivity index (χ0v) is 19.8. The van der Waals surface area contributed by atoms with Crippen molar-refractivity contribution in [2.75, 3.05) is 20.2 Å². The Morgan fingerprint density at radius 1 is 1.20 bits per heavy atom. The number of aromatic nitrogens is 5. The van der Waals surface area contributed by atoms with E-state index in [0.29, 0.717) is 60.3 Å². The molecule has 0 atom stereocenters. The molecule has 0 saturated carbocycles. The zero-order chi connectivity index (χ0) is 24.4. The summed E-state index contributed by atoms with van der Waals surface area (Å²) < 4.78 is 5.15. The molecule has 0 aliphatic carbocycles. The van der Waals surface area contributed by atoms with Gasteiger partial charge in [-0.2, -0.15) is 5.10 Å². The molecule has 0 bridgehead atoms. The molecule has 11 heteroatoms. The topological polar surface area (TPSA) is 129 Å². The van der Waals surface area contributed by atoms with E-state index in [-0.39, 0.29) is 17.7 Å².